The van der Waals surface area contributed by atoms with Crippen LogP contribution < -0.4 is 30.4 Å². The van der Waals surface area contributed by atoms with Crippen molar-refractivity contribution >= 4 is 22.6 Å². The summed E-state index contributed by atoms with van der Waals surface area (Å²) in [5.74, 6) is -0.251. The molecule has 0 spiro atoms. The van der Waals surface area contributed by atoms with E-state index in [1.165, 1.54) is 0 Å². The second-order valence-corrected chi connectivity index (χ2v) is 9.00. The fourth-order valence-electron chi connectivity index (χ4n) is 3.91. The summed E-state index contributed by atoms with van der Waals surface area (Å²) in [4.78, 5) is 18.8. The average Bonchev–Trinajstić information content (AvgIpc) is 2.74. The molecule has 0 aromatic heterocycles. The summed E-state index contributed by atoms with van der Waals surface area (Å²) in [6.45, 7) is 6.77. The van der Waals surface area contributed by atoms with Gasteiger partial charge in [-0.15, -0.1) is 0 Å². The van der Waals surface area contributed by atoms with Crippen molar-refractivity contribution in [3.05, 3.63) is 70.6 Å². The van der Waals surface area contributed by atoms with E-state index in [0.717, 1.165) is 44.3 Å². The summed E-state index contributed by atoms with van der Waals surface area (Å²) >= 11 is -0.146. The van der Waals surface area contributed by atoms with Gasteiger partial charge in [-0.2, -0.15) is 0 Å². The maximum absolute atomic E-state index is 12.0. The first kappa shape index (κ1) is 21.4. The number of anilines is 1. The van der Waals surface area contributed by atoms with Gasteiger partial charge in [0.2, 0.25) is 0 Å². The molecule has 1 heterocycles. The summed E-state index contributed by atoms with van der Waals surface area (Å²) in [7, 11) is 0. The number of nitrogens with zero attached hydrogens (tertiary/aromatic N) is 1. The summed E-state index contributed by atoms with van der Waals surface area (Å²) in [6.07, 6.45) is 0. The Morgan fingerprint density at radius 2 is 1.87 bits per heavy atom. The molecule has 2 N–H and O–H groups in total. The number of hydrogen-bond donors (Lipinski definition) is 2. The quantitative estimate of drug-likeness (QED) is 0.181. The van der Waals surface area contributed by atoms with Crippen LogP contribution in [0.15, 0.2) is 57.9 Å². The molecule has 1 aliphatic heterocycles. The van der Waals surface area contributed by atoms with Gasteiger partial charge in [0.25, 0.3) is 0 Å². The first-order valence-electron chi connectivity index (χ1n) is 10.0. The standard InChI is InChI=1S/C25H24IN2O3/c1-5-27-20-12-22-18(10-14(20)2)24(16-8-6-7-9-17(16)25(29)30)19-11-15(3)21(28-26-4)13-23(19)31-22/h6-13,28H,5H2,1-4H3,(H,29,30)/q-1. The number of carboxylic acid groups (broad SMARTS) is 1. The third kappa shape index (κ3) is 3.92. The number of fused-ring (bicyclic) bond motifs is 2. The third-order valence-corrected chi connectivity index (χ3v) is 6.46. The number of carbonyl (C=O) groups is 1. The molecule has 2 aromatic carbocycles. The topological polar surface area (TPSA) is 74.8 Å². The van der Waals surface area contributed by atoms with Crippen molar-refractivity contribution in [3.63, 3.8) is 0 Å². The zero-order valence-corrected chi connectivity index (χ0v) is 20.1. The molecule has 6 heteroatoms. The van der Waals surface area contributed by atoms with Crippen LogP contribution in [0, 0.1) is 13.8 Å². The van der Waals surface area contributed by atoms with Crippen molar-refractivity contribution in [2.45, 2.75) is 20.8 Å². The fraction of sp³-hybridized carbons (Fsp3) is 0.200. The van der Waals surface area contributed by atoms with Crippen LogP contribution in [-0.2, 0) is 0 Å². The zero-order chi connectivity index (χ0) is 22.1. The molecule has 1 aliphatic carbocycles. The third-order valence-electron chi connectivity index (χ3n) is 5.33. The molecule has 31 heavy (non-hydrogen) atoms. The zero-order valence-electron chi connectivity index (χ0n) is 17.9. The molecular formula is C25H24IN2O3-. The molecule has 0 saturated heterocycles. The Kier molecular flexibility index (Phi) is 6.00. The van der Waals surface area contributed by atoms with Crippen LogP contribution in [0.1, 0.15) is 28.4 Å². The summed E-state index contributed by atoms with van der Waals surface area (Å²) in [5.41, 5.74) is 6.63. The Morgan fingerprint density at radius 3 is 2.58 bits per heavy atom. The molecule has 4 rings (SSSR count). The van der Waals surface area contributed by atoms with E-state index in [2.05, 4.69) is 32.5 Å². The van der Waals surface area contributed by atoms with Crippen molar-refractivity contribution in [3.8, 4) is 22.5 Å². The predicted molar refractivity (Wildman–Crippen MR) is 120 cm³/mol. The average molecular weight is 527 g/mol. The van der Waals surface area contributed by atoms with Gasteiger partial charge >= 0.3 is 192 Å². The van der Waals surface area contributed by atoms with Gasteiger partial charge in [-0.3, -0.25) is 0 Å². The fourth-order valence-corrected chi connectivity index (χ4v) is 5.07. The van der Waals surface area contributed by atoms with Crippen molar-refractivity contribution in [1.82, 2.24) is 0 Å². The van der Waals surface area contributed by atoms with Gasteiger partial charge < -0.3 is 0 Å². The Hall–Kier alpha value is -2.87. The van der Waals surface area contributed by atoms with Crippen LogP contribution in [-0.4, -0.2) is 22.6 Å². The van der Waals surface area contributed by atoms with Crippen LogP contribution in [0.5, 0.6) is 0 Å². The molecule has 160 valence electrons. The van der Waals surface area contributed by atoms with E-state index < -0.39 is 5.97 Å². The normalized spacial score (nSPS) is 12.1. The minimum atomic E-state index is -0.947. The second-order valence-electron chi connectivity index (χ2n) is 7.38. The first-order chi connectivity index (χ1) is 14.9. The van der Waals surface area contributed by atoms with E-state index in [9.17, 15) is 9.90 Å². The number of carboxylic acids is 1. The van der Waals surface area contributed by atoms with Gasteiger partial charge in [-0.25, -0.2) is 0 Å². The molecule has 0 bridgehead atoms. The van der Waals surface area contributed by atoms with E-state index in [4.69, 9.17) is 4.42 Å². The first-order valence-corrected chi connectivity index (χ1v) is 13.3. The Balaban J connectivity index is 2.20. The summed E-state index contributed by atoms with van der Waals surface area (Å²) < 4.78 is 9.84. The van der Waals surface area contributed by atoms with E-state index in [0.29, 0.717) is 17.9 Å². The Labute approximate surface area is 191 Å². The van der Waals surface area contributed by atoms with E-state index >= 15 is 0 Å². The van der Waals surface area contributed by atoms with Crippen LogP contribution in [0.25, 0.3) is 33.4 Å². The van der Waals surface area contributed by atoms with Crippen LogP contribution >= 0.6 is 0 Å². The van der Waals surface area contributed by atoms with Gasteiger partial charge in [0.15, 0.2) is 0 Å². The molecular weight excluding hydrogens is 503 g/mol. The van der Waals surface area contributed by atoms with Crippen LogP contribution in [0.4, 0.5) is 5.69 Å². The van der Waals surface area contributed by atoms with Crippen molar-refractivity contribution in [2.24, 2.45) is 4.99 Å². The number of alkyl halides is 1. The van der Waals surface area contributed by atoms with E-state index in [1.807, 2.05) is 38.1 Å². The molecule has 0 fully saturated rings. The number of aromatic carboxylic acids is 1. The van der Waals surface area contributed by atoms with Crippen molar-refractivity contribution in [2.75, 3.05) is 15.0 Å². The number of rotatable bonds is 5. The van der Waals surface area contributed by atoms with Crippen LogP contribution in [0.2, 0.25) is 0 Å². The van der Waals surface area contributed by atoms with Gasteiger partial charge in [0.05, 0.1) is 0 Å². The summed E-state index contributed by atoms with van der Waals surface area (Å²) in [6, 6.07) is 15.3. The van der Waals surface area contributed by atoms with E-state index in [1.54, 1.807) is 12.1 Å². The Bertz CT molecular complexity index is 1340. The molecule has 0 atom stereocenters. The number of benzene rings is 3. The molecule has 2 aromatic rings. The Morgan fingerprint density at radius 1 is 1.10 bits per heavy atom. The summed E-state index contributed by atoms with van der Waals surface area (Å²) in [5, 5.41) is 11.7. The molecule has 0 saturated carbocycles. The second kappa shape index (κ2) is 8.70. The predicted octanol–water partition coefficient (Wildman–Crippen LogP) is 2.49. The molecule has 2 aliphatic rings. The van der Waals surface area contributed by atoms with Crippen molar-refractivity contribution < 1.29 is 35.8 Å². The van der Waals surface area contributed by atoms with E-state index in [-0.39, 0.29) is 27.0 Å². The maximum atomic E-state index is 12.0. The number of hydrogen-bond acceptors (Lipinski definition) is 4. The van der Waals surface area contributed by atoms with Gasteiger partial charge in [-0.1, -0.05) is 0 Å². The van der Waals surface area contributed by atoms with Gasteiger partial charge in [-0.05, 0) is 0 Å². The SMILES string of the molecule is CCN=c1cc2oc3cc(N[I-]C)c(C)cc3c(-c3ccccc3C(=O)O)c-2cc1C. The van der Waals surface area contributed by atoms with Crippen LogP contribution in [0.3, 0.4) is 0 Å². The number of halogens is 1. The molecule has 0 amide bonds. The van der Waals surface area contributed by atoms with Crippen molar-refractivity contribution in [1.29, 1.82) is 0 Å². The number of aryl methyl sites for hydroxylation is 2. The molecule has 0 radical (unpaired) electrons. The minimum absolute atomic E-state index is 0.146. The molecule has 0 unspecified atom stereocenters. The van der Waals surface area contributed by atoms with Gasteiger partial charge in [0, 0.05) is 0 Å². The van der Waals surface area contributed by atoms with Gasteiger partial charge in [0.1, 0.15) is 0 Å². The monoisotopic (exact) mass is 527 g/mol. The number of nitrogens with one attached hydrogen (secondary N) is 1. The molecule has 5 nitrogen and oxygen atoms in total.